The van der Waals surface area contributed by atoms with Gasteiger partial charge >= 0.3 is 11.3 Å². The van der Waals surface area contributed by atoms with E-state index in [0.29, 0.717) is 10.4 Å². The highest BCUT2D eigenvalue weighted by Crippen LogP contribution is 2.10. The summed E-state index contributed by atoms with van der Waals surface area (Å²) in [4.78, 5) is 22.8. The quantitative estimate of drug-likeness (QED) is 0.585. The monoisotopic (exact) mass is 224 g/mol. The van der Waals surface area contributed by atoms with Crippen LogP contribution in [0.5, 0.6) is 0 Å². The highest BCUT2D eigenvalue weighted by atomic mass is 16.4. The molecule has 3 nitrogen and oxygen atoms in total. The van der Waals surface area contributed by atoms with Gasteiger partial charge in [-0.25, -0.2) is 9.59 Å². The summed E-state index contributed by atoms with van der Waals surface area (Å²) in [6.07, 6.45) is 0. The van der Waals surface area contributed by atoms with Crippen molar-refractivity contribution in [2.45, 2.75) is 0 Å². The van der Waals surface area contributed by atoms with Gasteiger partial charge in [0.15, 0.2) is 0 Å². The second kappa shape index (κ2) is 3.56. The maximum Gasteiger partial charge on any atom is 0.346 e. The molecule has 2 aliphatic rings. The van der Waals surface area contributed by atoms with Crippen LogP contribution in [0.25, 0.3) is 10.8 Å². The fourth-order valence-electron chi connectivity index (χ4n) is 1.89. The van der Waals surface area contributed by atoms with Crippen LogP contribution in [0.1, 0.15) is 0 Å². The van der Waals surface area contributed by atoms with E-state index in [1.807, 2.05) is 36.4 Å². The summed E-state index contributed by atoms with van der Waals surface area (Å²) in [7, 11) is 0. The van der Waals surface area contributed by atoms with Crippen molar-refractivity contribution >= 4 is 10.8 Å². The van der Waals surface area contributed by atoms with Gasteiger partial charge < -0.3 is 4.42 Å². The second-order valence-corrected chi connectivity index (χ2v) is 3.80. The average Bonchev–Trinajstić information content (AvgIpc) is 2.55. The SMILES string of the molecule is O=c1oc(=O)c2ccc3ccccc3ccc1=2. The van der Waals surface area contributed by atoms with Gasteiger partial charge in [0, 0.05) is 0 Å². The van der Waals surface area contributed by atoms with Crippen LogP contribution in [-0.4, -0.2) is 0 Å². The fourth-order valence-corrected chi connectivity index (χ4v) is 1.89. The Hall–Kier alpha value is -2.42. The predicted molar refractivity (Wildman–Crippen MR) is 64.1 cm³/mol. The number of fused-ring (bicyclic) bond motifs is 1. The first-order chi connectivity index (χ1) is 8.25. The van der Waals surface area contributed by atoms with Gasteiger partial charge in [-0.2, -0.15) is 0 Å². The van der Waals surface area contributed by atoms with Crippen molar-refractivity contribution in [2.24, 2.45) is 0 Å². The van der Waals surface area contributed by atoms with Gasteiger partial charge in [0.25, 0.3) is 0 Å². The van der Waals surface area contributed by atoms with E-state index in [0.717, 1.165) is 10.8 Å². The van der Waals surface area contributed by atoms with E-state index in [1.54, 1.807) is 12.1 Å². The van der Waals surface area contributed by atoms with Crippen LogP contribution in [0.2, 0.25) is 0 Å². The Balaban J connectivity index is 2.64. The summed E-state index contributed by atoms with van der Waals surface area (Å²) in [5.74, 6) is 0. The molecule has 0 atom stereocenters. The molecule has 0 N–H and O–H groups in total. The van der Waals surface area contributed by atoms with Crippen molar-refractivity contribution in [3.63, 3.8) is 0 Å². The highest BCUT2D eigenvalue weighted by Gasteiger charge is 2.01. The van der Waals surface area contributed by atoms with Gasteiger partial charge in [-0.1, -0.05) is 36.4 Å². The molecular formula is C14H8O3. The average molecular weight is 224 g/mol. The minimum atomic E-state index is -0.578. The zero-order chi connectivity index (χ0) is 11.8. The molecule has 0 aromatic heterocycles. The molecule has 0 saturated heterocycles. The number of hydrogen-bond acceptors (Lipinski definition) is 3. The summed E-state index contributed by atoms with van der Waals surface area (Å²) in [5, 5.41) is 2.64. The molecule has 82 valence electrons. The van der Waals surface area contributed by atoms with Crippen LogP contribution in [0.3, 0.4) is 0 Å². The van der Waals surface area contributed by atoms with Crippen molar-refractivity contribution in [2.75, 3.05) is 0 Å². The van der Waals surface area contributed by atoms with Crippen LogP contribution in [-0.2, 0) is 0 Å². The van der Waals surface area contributed by atoms with Gasteiger partial charge in [0.2, 0.25) is 0 Å². The summed E-state index contributed by atoms with van der Waals surface area (Å²) < 4.78 is 4.56. The third-order valence-electron chi connectivity index (χ3n) is 2.77. The standard InChI is InChI=1S/C14H8O3/c15-13-11-7-5-9-3-1-2-4-10(9)6-8-12(11)14(16)17-13/h1-8H. The van der Waals surface area contributed by atoms with Crippen LogP contribution < -0.4 is 11.3 Å². The molecular weight excluding hydrogens is 216 g/mol. The minimum Gasteiger partial charge on any atom is -0.386 e. The molecule has 0 amide bonds. The smallest absolute Gasteiger partial charge is 0.346 e. The molecule has 0 spiro atoms. The first-order valence-corrected chi connectivity index (χ1v) is 5.22. The Morgan fingerprint density at radius 1 is 0.647 bits per heavy atom. The number of rotatable bonds is 0. The third kappa shape index (κ3) is 1.52. The Bertz CT molecular complexity index is 806. The zero-order valence-electron chi connectivity index (χ0n) is 8.84. The lowest BCUT2D eigenvalue weighted by Gasteiger charge is -1.91. The number of benzene rings is 1. The van der Waals surface area contributed by atoms with Crippen molar-refractivity contribution in [3.05, 3.63) is 79.8 Å². The third-order valence-corrected chi connectivity index (χ3v) is 2.77. The van der Waals surface area contributed by atoms with E-state index in [-0.39, 0.29) is 0 Å². The summed E-state index contributed by atoms with van der Waals surface area (Å²) in [5.41, 5.74) is -1.16. The number of hydrogen-bond donors (Lipinski definition) is 0. The van der Waals surface area contributed by atoms with Gasteiger partial charge in [-0.3, -0.25) is 0 Å². The maximum absolute atomic E-state index is 11.4. The molecule has 3 heteroatoms. The minimum absolute atomic E-state index is 0.320. The lowest BCUT2D eigenvalue weighted by atomic mass is 10.1. The van der Waals surface area contributed by atoms with Gasteiger partial charge in [-0.05, 0) is 22.9 Å². The lowest BCUT2D eigenvalue weighted by molar-refractivity contribution is 0.488. The van der Waals surface area contributed by atoms with Crippen LogP contribution in [0.15, 0.2) is 62.5 Å². The summed E-state index contributed by atoms with van der Waals surface area (Å²) in [6.45, 7) is 0. The summed E-state index contributed by atoms with van der Waals surface area (Å²) >= 11 is 0. The Kier molecular flexibility index (Phi) is 2.05. The van der Waals surface area contributed by atoms with E-state index in [2.05, 4.69) is 4.42 Å². The molecule has 1 aliphatic heterocycles. The van der Waals surface area contributed by atoms with E-state index in [9.17, 15) is 9.59 Å². The van der Waals surface area contributed by atoms with Crippen LogP contribution in [0.4, 0.5) is 0 Å². The van der Waals surface area contributed by atoms with E-state index in [4.69, 9.17) is 0 Å². The molecule has 0 fully saturated rings. The fraction of sp³-hybridized carbons (Fsp3) is 0. The second-order valence-electron chi connectivity index (χ2n) is 3.80. The molecule has 3 rings (SSSR count). The van der Waals surface area contributed by atoms with Crippen LogP contribution in [0, 0.1) is 10.4 Å². The highest BCUT2D eigenvalue weighted by molar-refractivity contribution is 5.81. The molecule has 0 saturated carbocycles. The van der Waals surface area contributed by atoms with Crippen molar-refractivity contribution in [1.29, 1.82) is 0 Å². The molecule has 0 unspecified atom stereocenters. The van der Waals surface area contributed by atoms with E-state index in [1.165, 1.54) is 0 Å². The topological polar surface area (TPSA) is 47.3 Å². The van der Waals surface area contributed by atoms with E-state index < -0.39 is 11.3 Å². The first-order valence-electron chi connectivity index (χ1n) is 5.22. The first kappa shape index (κ1) is 9.78. The largest absolute Gasteiger partial charge is 0.386 e. The van der Waals surface area contributed by atoms with Crippen molar-refractivity contribution in [3.8, 4) is 0 Å². The molecule has 0 radical (unpaired) electrons. The Morgan fingerprint density at radius 3 is 1.59 bits per heavy atom. The lowest BCUT2D eigenvalue weighted by Crippen LogP contribution is -1.96. The van der Waals surface area contributed by atoms with Crippen molar-refractivity contribution < 1.29 is 4.42 Å². The predicted octanol–water partition coefficient (Wildman–Crippen LogP) is 1.88. The molecule has 1 aromatic carbocycles. The van der Waals surface area contributed by atoms with E-state index >= 15 is 0 Å². The van der Waals surface area contributed by atoms with Gasteiger partial charge in [-0.15, -0.1) is 0 Å². The van der Waals surface area contributed by atoms with Crippen LogP contribution >= 0.6 is 0 Å². The Labute approximate surface area is 95.6 Å². The van der Waals surface area contributed by atoms with Crippen molar-refractivity contribution in [1.82, 2.24) is 0 Å². The maximum atomic E-state index is 11.4. The van der Waals surface area contributed by atoms with Gasteiger partial charge in [0.1, 0.15) is 0 Å². The molecule has 17 heavy (non-hydrogen) atoms. The summed E-state index contributed by atoms with van der Waals surface area (Å²) in [6, 6.07) is 14.6. The molecule has 1 heterocycles. The van der Waals surface area contributed by atoms with Gasteiger partial charge in [0.05, 0.1) is 10.4 Å². The normalized spacial score (nSPS) is 10.8. The Morgan fingerprint density at radius 2 is 1.12 bits per heavy atom. The molecule has 1 aromatic rings. The molecule has 1 aliphatic carbocycles. The zero-order valence-corrected chi connectivity index (χ0v) is 8.84. The molecule has 0 bridgehead atoms.